The molecule has 0 saturated heterocycles. The molecule has 2 aromatic carbocycles. The van der Waals surface area contributed by atoms with E-state index in [9.17, 15) is 0 Å². The molecule has 4 nitrogen and oxygen atoms in total. The quantitative estimate of drug-likeness (QED) is 0.529. The van der Waals surface area contributed by atoms with Crippen molar-refractivity contribution in [1.29, 1.82) is 0 Å². The lowest BCUT2D eigenvalue weighted by Gasteiger charge is -2.16. The lowest BCUT2D eigenvalue weighted by Crippen LogP contribution is -2.18. The summed E-state index contributed by atoms with van der Waals surface area (Å²) in [5, 5.41) is 3.34. The van der Waals surface area contributed by atoms with Crippen molar-refractivity contribution in [3.8, 4) is 11.5 Å². The molecule has 0 heterocycles. The van der Waals surface area contributed by atoms with Gasteiger partial charge in [0.15, 0.2) is 11.5 Å². The van der Waals surface area contributed by atoms with E-state index in [0.29, 0.717) is 19.8 Å². The zero-order chi connectivity index (χ0) is 18.1. The minimum atomic E-state index is 0. The molecule has 0 spiro atoms. The third kappa shape index (κ3) is 7.16. The van der Waals surface area contributed by atoms with E-state index >= 15 is 0 Å². The summed E-state index contributed by atoms with van der Waals surface area (Å²) < 4.78 is 17.8. The number of hydrogen-bond donors (Lipinski definition) is 1. The molecule has 0 aliphatic rings. The fourth-order valence-electron chi connectivity index (χ4n) is 2.37. The number of nitrogens with one attached hydrogen (secondary N) is 1. The lowest BCUT2D eigenvalue weighted by atomic mass is 10.1. The second kappa shape index (κ2) is 12.2. The van der Waals surface area contributed by atoms with Crippen LogP contribution in [-0.4, -0.2) is 26.9 Å². The van der Waals surface area contributed by atoms with Crippen LogP contribution in [0.25, 0.3) is 0 Å². The van der Waals surface area contributed by atoms with Crippen molar-refractivity contribution >= 4 is 28.3 Å². The minimum absolute atomic E-state index is 0. The highest BCUT2D eigenvalue weighted by molar-refractivity contribution is 9.10. The van der Waals surface area contributed by atoms with Crippen molar-refractivity contribution in [1.82, 2.24) is 5.32 Å². The predicted molar refractivity (Wildman–Crippen MR) is 112 cm³/mol. The molecular formula is C20H27BrClNO3. The van der Waals surface area contributed by atoms with Gasteiger partial charge in [0.25, 0.3) is 0 Å². The number of methoxy groups -OCH3 is 1. The van der Waals surface area contributed by atoms with Gasteiger partial charge in [-0.2, -0.15) is 0 Å². The number of hydrogen-bond acceptors (Lipinski definition) is 4. The molecule has 144 valence electrons. The molecule has 0 bridgehead atoms. The van der Waals surface area contributed by atoms with Gasteiger partial charge in [-0.15, -0.1) is 12.4 Å². The number of ether oxygens (including phenoxy) is 3. The van der Waals surface area contributed by atoms with Gasteiger partial charge in [0.1, 0.15) is 6.61 Å². The van der Waals surface area contributed by atoms with E-state index in [4.69, 9.17) is 14.2 Å². The summed E-state index contributed by atoms with van der Waals surface area (Å²) in [6.07, 6.45) is 0. The van der Waals surface area contributed by atoms with Crippen LogP contribution in [0.15, 0.2) is 40.9 Å². The van der Waals surface area contributed by atoms with Crippen molar-refractivity contribution in [2.45, 2.75) is 27.0 Å². The van der Waals surface area contributed by atoms with Crippen LogP contribution in [0.1, 0.15) is 23.6 Å². The summed E-state index contributed by atoms with van der Waals surface area (Å²) >= 11 is 3.62. The van der Waals surface area contributed by atoms with Crippen molar-refractivity contribution in [3.63, 3.8) is 0 Å². The Morgan fingerprint density at radius 2 is 1.77 bits per heavy atom. The Bertz CT molecular complexity index is 665. The summed E-state index contributed by atoms with van der Waals surface area (Å²) in [6.45, 7) is 7.40. The summed E-state index contributed by atoms with van der Waals surface area (Å²) in [7, 11) is 1.70. The second-order valence-corrected chi connectivity index (χ2v) is 6.64. The van der Waals surface area contributed by atoms with Gasteiger partial charge in [-0.3, -0.25) is 0 Å². The van der Waals surface area contributed by atoms with Crippen LogP contribution in [-0.2, 0) is 17.9 Å². The van der Waals surface area contributed by atoms with E-state index in [1.807, 2.05) is 13.0 Å². The molecule has 0 fully saturated rings. The molecule has 6 heteroatoms. The molecule has 0 radical (unpaired) electrons. The van der Waals surface area contributed by atoms with Crippen LogP contribution >= 0.6 is 28.3 Å². The van der Waals surface area contributed by atoms with Crippen LogP contribution in [0.4, 0.5) is 0 Å². The Morgan fingerprint density at radius 3 is 2.42 bits per heavy atom. The van der Waals surface area contributed by atoms with Gasteiger partial charge < -0.3 is 19.5 Å². The third-order valence-electron chi connectivity index (χ3n) is 3.69. The van der Waals surface area contributed by atoms with Gasteiger partial charge in [0.2, 0.25) is 0 Å². The Balaban J connectivity index is 0.00000338. The maximum atomic E-state index is 6.03. The van der Waals surface area contributed by atoms with Crippen LogP contribution < -0.4 is 14.8 Å². The average Bonchev–Trinajstić information content (AvgIpc) is 2.60. The maximum absolute atomic E-state index is 6.03. The number of rotatable bonds is 10. The molecule has 0 aromatic heterocycles. The fraction of sp³-hybridized carbons (Fsp3) is 0.400. The van der Waals surface area contributed by atoms with Crippen LogP contribution in [0.5, 0.6) is 11.5 Å². The van der Waals surface area contributed by atoms with E-state index in [2.05, 4.69) is 58.5 Å². The van der Waals surface area contributed by atoms with Crippen LogP contribution in [0.2, 0.25) is 0 Å². The predicted octanol–water partition coefficient (Wildman–Crippen LogP) is 4.89. The van der Waals surface area contributed by atoms with Gasteiger partial charge in [-0.1, -0.05) is 29.8 Å². The van der Waals surface area contributed by atoms with Crippen molar-refractivity contribution in [3.05, 3.63) is 57.6 Å². The molecule has 26 heavy (non-hydrogen) atoms. The summed E-state index contributed by atoms with van der Waals surface area (Å²) in [6, 6.07) is 12.4. The minimum Gasteiger partial charge on any atom is -0.490 e. The first-order valence-electron chi connectivity index (χ1n) is 8.47. The fourth-order valence-corrected chi connectivity index (χ4v) is 2.98. The van der Waals surface area contributed by atoms with Gasteiger partial charge in [0.05, 0.1) is 17.7 Å². The first-order chi connectivity index (χ1) is 12.1. The third-order valence-corrected chi connectivity index (χ3v) is 4.27. The van der Waals surface area contributed by atoms with E-state index in [1.54, 1.807) is 7.11 Å². The highest BCUT2D eigenvalue weighted by Crippen LogP contribution is 2.37. The van der Waals surface area contributed by atoms with Crippen LogP contribution in [0, 0.1) is 6.92 Å². The Morgan fingerprint density at radius 1 is 1.04 bits per heavy atom. The van der Waals surface area contributed by atoms with E-state index in [0.717, 1.165) is 40.2 Å². The largest absolute Gasteiger partial charge is 0.490 e. The summed E-state index contributed by atoms with van der Waals surface area (Å²) in [5.41, 5.74) is 3.50. The molecule has 1 N–H and O–H groups in total. The van der Waals surface area contributed by atoms with Gasteiger partial charge in [-0.05, 0) is 53.0 Å². The Labute approximate surface area is 170 Å². The molecule has 2 aromatic rings. The van der Waals surface area contributed by atoms with E-state index in [1.165, 1.54) is 5.56 Å². The maximum Gasteiger partial charge on any atom is 0.175 e. The lowest BCUT2D eigenvalue weighted by molar-refractivity contribution is 0.199. The zero-order valence-corrected chi connectivity index (χ0v) is 17.9. The smallest absolute Gasteiger partial charge is 0.175 e. The Hall–Kier alpha value is -1.27. The highest BCUT2D eigenvalue weighted by atomic mass is 79.9. The highest BCUT2D eigenvalue weighted by Gasteiger charge is 2.12. The van der Waals surface area contributed by atoms with Crippen molar-refractivity contribution < 1.29 is 14.2 Å². The van der Waals surface area contributed by atoms with Crippen molar-refractivity contribution in [2.24, 2.45) is 0 Å². The number of aryl methyl sites for hydroxylation is 1. The molecule has 2 rings (SSSR count). The van der Waals surface area contributed by atoms with E-state index < -0.39 is 0 Å². The molecule has 0 aliphatic heterocycles. The number of benzene rings is 2. The first-order valence-corrected chi connectivity index (χ1v) is 9.26. The monoisotopic (exact) mass is 443 g/mol. The van der Waals surface area contributed by atoms with Crippen molar-refractivity contribution in [2.75, 3.05) is 26.9 Å². The molecular weight excluding hydrogens is 418 g/mol. The Kier molecular flexibility index (Phi) is 10.7. The summed E-state index contributed by atoms with van der Waals surface area (Å²) in [4.78, 5) is 0. The average molecular weight is 445 g/mol. The molecule has 0 atom stereocenters. The van der Waals surface area contributed by atoms with Crippen LogP contribution in [0.3, 0.4) is 0 Å². The zero-order valence-electron chi connectivity index (χ0n) is 15.5. The van der Waals surface area contributed by atoms with Gasteiger partial charge in [0, 0.05) is 20.2 Å². The van der Waals surface area contributed by atoms with Gasteiger partial charge >= 0.3 is 0 Å². The first kappa shape index (κ1) is 22.8. The SMILES string of the molecule is CCOc1cc(CNCCOC)cc(Br)c1OCc1ccc(C)cc1.Cl. The van der Waals surface area contributed by atoms with Gasteiger partial charge in [-0.25, -0.2) is 0 Å². The normalized spacial score (nSPS) is 10.3. The second-order valence-electron chi connectivity index (χ2n) is 5.78. The van der Waals surface area contributed by atoms with E-state index in [-0.39, 0.29) is 12.4 Å². The standard InChI is InChI=1S/C20H26BrNO3.ClH/c1-4-24-19-12-17(13-22-9-10-23-3)11-18(21)20(19)25-14-16-7-5-15(2)6-8-16;/h5-8,11-12,22H,4,9-10,13-14H2,1-3H3;1H. The molecule has 0 amide bonds. The topological polar surface area (TPSA) is 39.7 Å². The number of halogens is 2. The summed E-state index contributed by atoms with van der Waals surface area (Å²) in [5.74, 6) is 1.50. The molecule has 0 unspecified atom stereocenters. The molecule has 0 saturated carbocycles. The molecule has 0 aliphatic carbocycles.